The molecule has 0 saturated carbocycles. The highest BCUT2D eigenvalue weighted by Crippen LogP contribution is 2.41. The Morgan fingerprint density at radius 2 is 1.50 bits per heavy atom. The Labute approximate surface area is 134 Å². The van der Waals surface area contributed by atoms with Gasteiger partial charge in [-0.15, -0.1) is 0 Å². The number of hydrogen-bond donors (Lipinski definition) is 1. The van der Waals surface area contributed by atoms with Crippen LogP contribution >= 0.6 is 0 Å². The maximum atomic E-state index is 11.6. The molecule has 124 valence electrons. The van der Waals surface area contributed by atoms with Gasteiger partial charge >= 0.3 is 5.97 Å². The summed E-state index contributed by atoms with van der Waals surface area (Å²) >= 11 is 0. The zero-order valence-electron chi connectivity index (χ0n) is 15.2. The van der Waals surface area contributed by atoms with Gasteiger partial charge < -0.3 is 9.84 Å². The molecule has 0 bridgehead atoms. The molecule has 0 fully saturated rings. The molecule has 0 aliphatic rings. The highest BCUT2D eigenvalue weighted by atomic mass is 16.5. The van der Waals surface area contributed by atoms with E-state index in [9.17, 15) is 9.90 Å². The van der Waals surface area contributed by atoms with Gasteiger partial charge in [0.1, 0.15) is 5.75 Å². The Bertz CT molecular complexity index is 510. The molecular weight excluding hydrogens is 276 g/mol. The van der Waals surface area contributed by atoms with E-state index in [-0.39, 0.29) is 22.7 Å². The minimum atomic E-state index is -0.213. The smallest absolute Gasteiger partial charge is 0.306 e. The maximum absolute atomic E-state index is 11.6. The molecule has 0 aliphatic heterocycles. The highest BCUT2D eigenvalue weighted by Gasteiger charge is 2.27. The van der Waals surface area contributed by atoms with Crippen molar-refractivity contribution in [2.24, 2.45) is 0 Å². The summed E-state index contributed by atoms with van der Waals surface area (Å²) in [6, 6.07) is 4.05. The van der Waals surface area contributed by atoms with Crippen molar-refractivity contribution in [3.8, 4) is 5.75 Å². The molecule has 0 aromatic heterocycles. The molecule has 1 unspecified atom stereocenters. The van der Waals surface area contributed by atoms with Crippen molar-refractivity contribution >= 4 is 5.97 Å². The molecule has 0 saturated heterocycles. The standard InChI is InChI=1S/C19H30O3/c1-12(9-16(20)22-8)13-10-14(18(2,3)4)17(21)15(11-13)19(5,6)7/h10-12,21H,9H2,1-8H3. The number of carbonyl (C=O) groups excluding carboxylic acids is 1. The first-order valence-electron chi connectivity index (χ1n) is 7.82. The van der Waals surface area contributed by atoms with Gasteiger partial charge in [0.15, 0.2) is 0 Å². The molecule has 1 N–H and O–H groups in total. The first kappa shape index (κ1) is 18.5. The molecular formula is C19H30O3. The number of carbonyl (C=O) groups is 1. The number of rotatable bonds is 3. The molecule has 3 heteroatoms. The molecule has 0 aliphatic carbocycles. The Balaban J connectivity index is 3.44. The van der Waals surface area contributed by atoms with Gasteiger partial charge in [-0.25, -0.2) is 0 Å². The van der Waals surface area contributed by atoms with Crippen LogP contribution in [0.5, 0.6) is 5.75 Å². The van der Waals surface area contributed by atoms with Gasteiger partial charge in [-0.1, -0.05) is 60.6 Å². The van der Waals surface area contributed by atoms with Gasteiger partial charge in [-0.05, 0) is 33.4 Å². The van der Waals surface area contributed by atoms with Crippen LogP contribution in [0.1, 0.15) is 77.5 Å². The van der Waals surface area contributed by atoms with Crippen molar-refractivity contribution < 1.29 is 14.6 Å². The van der Waals surface area contributed by atoms with Crippen molar-refractivity contribution in [2.75, 3.05) is 7.11 Å². The van der Waals surface area contributed by atoms with E-state index < -0.39 is 0 Å². The number of methoxy groups -OCH3 is 1. The lowest BCUT2D eigenvalue weighted by atomic mass is 9.77. The predicted molar refractivity (Wildman–Crippen MR) is 90.6 cm³/mol. The van der Waals surface area contributed by atoms with Crippen LogP contribution in [0.25, 0.3) is 0 Å². The molecule has 0 spiro atoms. The highest BCUT2D eigenvalue weighted by molar-refractivity contribution is 5.70. The predicted octanol–water partition coefficient (Wildman–Crippen LogP) is 4.65. The van der Waals surface area contributed by atoms with Crippen LogP contribution in [0.15, 0.2) is 12.1 Å². The van der Waals surface area contributed by atoms with Crippen LogP contribution in [0, 0.1) is 0 Å². The molecule has 1 aromatic rings. The van der Waals surface area contributed by atoms with E-state index in [0.717, 1.165) is 16.7 Å². The third-order valence-corrected chi connectivity index (χ3v) is 4.02. The number of hydrogen-bond acceptors (Lipinski definition) is 3. The van der Waals surface area contributed by atoms with Crippen LogP contribution in [-0.4, -0.2) is 18.2 Å². The Morgan fingerprint density at radius 1 is 1.09 bits per heavy atom. The summed E-state index contributed by atoms with van der Waals surface area (Å²) in [5.41, 5.74) is 2.59. The van der Waals surface area contributed by atoms with Crippen LogP contribution in [0.4, 0.5) is 0 Å². The quantitative estimate of drug-likeness (QED) is 0.827. The fourth-order valence-electron chi connectivity index (χ4n) is 2.54. The van der Waals surface area contributed by atoms with E-state index in [2.05, 4.69) is 41.5 Å². The Morgan fingerprint density at radius 3 is 1.82 bits per heavy atom. The minimum Gasteiger partial charge on any atom is -0.507 e. The SMILES string of the molecule is COC(=O)CC(C)c1cc(C(C)(C)C)c(O)c(C(C)(C)C)c1. The van der Waals surface area contributed by atoms with Crippen molar-refractivity contribution in [2.45, 2.75) is 71.6 Å². The number of aromatic hydroxyl groups is 1. The molecule has 0 heterocycles. The number of phenols is 1. The first-order chi connectivity index (χ1) is 9.87. The van der Waals surface area contributed by atoms with Crippen LogP contribution in [0.3, 0.4) is 0 Å². The lowest BCUT2D eigenvalue weighted by molar-refractivity contribution is -0.140. The van der Waals surface area contributed by atoms with E-state index >= 15 is 0 Å². The average Bonchev–Trinajstić information content (AvgIpc) is 2.35. The van der Waals surface area contributed by atoms with E-state index in [4.69, 9.17) is 4.74 Å². The van der Waals surface area contributed by atoms with Crippen molar-refractivity contribution in [1.29, 1.82) is 0 Å². The number of esters is 1. The summed E-state index contributed by atoms with van der Waals surface area (Å²) in [6.45, 7) is 14.5. The summed E-state index contributed by atoms with van der Waals surface area (Å²) in [6.07, 6.45) is 0.342. The lowest BCUT2D eigenvalue weighted by Crippen LogP contribution is -2.18. The van der Waals surface area contributed by atoms with Crippen LogP contribution in [0.2, 0.25) is 0 Å². The second kappa shape index (κ2) is 6.31. The molecule has 0 amide bonds. The zero-order valence-corrected chi connectivity index (χ0v) is 15.2. The zero-order chi connectivity index (χ0) is 17.3. The van der Waals surface area contributed by atoms with Crippen LogP contribution < -0.4 is 0 Å². The Kier molecular flexibility index (Phi) is 5.32. The van der Waals surface area contributed by atoms with Gasteiger partial charge in [0, 0.05) is 0 Å². The Hall–Kier alpha value is -1.51. The van der Waals surface area contributed by atoms with E-state index in [1.54, 1.807) is 0 Å². The molecule has 1 atom stereocenters. The topological polar surface area (TPSA) is 46.5 Å². The van der Waals surface area contributed by atoms with E-state index in [1.165, 1.54) is 7.11 Å². The van der Waals surface area contributed by atoms with Crippen molar-refractivity contribution in [3.63, 3.8) is 0 Å². The second-order valence-corrected chi connectivity index (χ2v) is 8.15. The molecule has 1 rings (SSSR count). The summed E-state index contributed by atoms with van der Waals surface area (Å²) < 4.78 is 4.77. The van der Waals surface area contributed by atoms with Gasteiger partial charge in [0.25, 0.3) is 0 Å². The normalized spacial score (nSPS) is 13.8. The fraction of sp³-hybridized carbons (Fsp3) is 0.632. The fourth-order valence-corrected chi connectivity index (χ4v) is 2.54. The molecule has 3 nitrogen and oxygen atoms in total. The molecule has 0 radical (unpaired) electrons. The lowest BCUT2D eigenvalue weighted by Gasteiger charge is -2.29. The van der Waals surface area contributed by atoms with Gasteiger partial charge in [-0.3, -0.25) is 4.79 Å². The second-order valence-electron chi connectivity index (χ2n) is 8.15. The maximum Gasteiger partial charge on any atom is 0.306 e. The summed E-state index contributed by atoms with van der Waals surface area (Å²) in [4.78, 5) is 11.6. The van der Waals surface area contributed by atoms with Gasteiger partial charge in [-0.2, -0.15) is 0 Å². The largest absolute Gasteiger partial charge is 0.507 e. The van der Waals surface area contributed by atoms with Gasteiger partial charge in [0.05, 0.1) is 13.5 Å². The molecule has 1 aromatic carbocycles. The number of phenolic OH excluding ortho intramolecular Hbond substituents is 1. The number of benzene rings is 1. The molecule has 22 heavy (non-hydrogen) atoms. The average molecular weight is 306 g/mol. The first-order valence-corrected chi connectivity index (χ1v) is 7.82. The summed E-state index contributed by atoms with van der Waals surface area (Å²) in [7, 11) is 1.41. The third-order valence-electron chi connectivity index (χ3n) is 4.02. The van der Waals surface area contributed by atoms with Gasteiger partial charge in [0.2, 0.25) is 0 Å². The van der Waals surface area contributed by atoms with Crippen molar-refractivity contribution in [3.05, 3.63) is 28.8 Å². The monoisotopic (exact) mass is 306 g/mol. The number of ether oxygens (including phenoxy) is 1. The summed E-state index contributed by atoms with van der Waals surface area (Å²) in [5.74, 6) is 0.208. The van der Waals surface area contributed by atoms with E-state index in [1.807, 2.05) is 19.1 Å². The van der Waals surface area contributed by atoms with Crippen LogP contribution in [-0.2, 0) is 20.4 Å². The summed E-state index contributed by atoms with van der Waals surface area (Å²) in [5, 5.41) is 10.7. The minimum absolute atomic E-state index is 0.0512. The third kappa shape index (κ3) is 4.25. The van der Waals surface area contributed by atoms with Crippen molar-refractivity contribution in [1.82, 2.24) is 0 Å². The van der Waals surface area contributed by atoms with E-state index in [0.29, 0.717) is 12.2 Å².